The van der Waals surface area contributed by atoms with Crippen LogP contribution < -0.4 is 5.32 Å². The minimum absolute atomic E-state index is 0.0360. The Morgan fingerprint density at radius 1 is 1.00 bits per heavy atom. The highest BCUT2D eigenvalue weighted by atomic mass is 16.5. The van der Waals surface area contributed by atoms with Crippen LogP contribution in [-0.4, -0.2) is 37.0 Å². The molecule has 0 bridgehead atoms. The van der Waals surface area contributed by atoms with Crippen LogP contribution in [0.5, 0.6) is 0 Å². The molecular formula is C12H23NO2. The Morgan fingerprint density at radius 2 is 1.67 bits per heavy atom. The molecule has 0 radical (unpaired) electrons. The summed E-state index contributed by atoms with van der Waals surface area (Å²) < 4.78 is 5.34. The van der Waals surface area contributed by atoms with Gasteiger partial charge < -0.3 is 15.2 Å². The van der Waals surface area contributed by atoms with Gasteiger partial charge in [-0.1, -0.05) is 0 Å². The first-order valence-electron chi connectivity index (χ1n) is 6.34. The second kappa shape index (κ2) is 5.83. The third-order valence-electron chi connectivity index (χ3n) is 3.73. The second-order valence-electron chi connectivity index (χ2n) is 4.97. The third-order valence-corrected chi connectivity index (χ3v) is 3.73. The summed E-state index contributed by atoms with van der Waals surface area (Å²) in [6.45, 7) is 3.02. The fraction of sp³-hybridized carbons (Fsp3) is 1.00. The average Bonchev–Trinajstić information content (AvgIpc) is 2.30. The van der Waals surface area contributed by atoms with E-state index in [1.807, 2.05) is 0 Å². The monoisotopic (exact) mass is 213 g/mol. The topological polar surface area (TPSA) is 41.5 Å². The standard InChI is InChI=1S/C12H23NO2/c14-12-3-1-11(2-4-12)13-9-10-5-7-15-8-6-10/h10-14H,1-9H2. The van der Waals surface area contributed by atoms with Gasteiger partial charge in [-0.3, -0.25) is 0 Å². The van der Waals surface area contributed by atoms with E-state index in [9.17, 15) is 5.11 Å². The summed E-state index contributed by atoms with van der Waals surface area (Å²) in [5, 5.41) is 13.0. The fourth-order valence-corrected chi connectivity index (χ4v) is 2.56. The van der Waals surface area contributed by atoms with Crippen LogP contribution in [0.25, 0.3) is 0 Å². The highest BCUT2D eigenvalue weighted by Crippen LogP contribution is 2.19. The molecule has 0 aromatic heterocycles. The van der Waals surface area contributed by atoms with Crippen LogP contribution >= 0.6 is 0 Å². The molecule has 1 aliphatic carbocycles. The minimum Gasteiger partial charge on any atom is -0.393 e. The Morgan fingerprint density at radius 3 is 2.33 bits per heavy atom. The number of aliphatic hydroxyl groups is 1. The van der Waals surface area contributed by atoms with Gasteiger partial charge in [0.1, 0.15) is 0 Å². The number of rotatable bonds is 3. The summed E-state index contributed by atoms with van der Waals surface area (Å²) in [5.41, 5.74) is 0. The molecule has 0 aromatic rings. The molecule has 1 heterocycles. The molecule has 3 heteroatoms. The largest absolute Gasteiger partial charge is 0.393 e. The van der Waals surface area contributed by atoms with E-state index >= 15 is 0 Å². The van der Waals surface area contributed by atoms with Crippen LogP contribution in [0.2, 0.25) is 0 Å². The van der Waals surface area contributed by atoms with Crippen molar-refractivity contribution in [3.8, 4) is 0 Å². The maximum atomic E-state index is 9.40. The van der Waals surface area contributed by atoms with Crippen LogP contribution in [0.1, 0.15) is 38.5 Å². The van der Waals surface area contributed by atoms with E-state index in [2.05, 4.69) is 5.32 Å². The maximum absolute atomic E-state index is 9.40. The molecule has 2 fully saturated rings. The summed E-state index contributed by atoms with van der Waals surface area (Å²) in [7, 11) is 0. The predicted octanol–water partition coefficient (Wildman–Crippen LogP) is 1.31. The van der Waals surface area contributed by atoms with Crippen LogP contribution in [0.15, 0.2) is 0 Å². The van der Waals surface area contributed by atoms with Crippen LogP contribution in [-0.2, 0) is 4.74 Å². The van der Waals surface area contributed by atoms with Gasteiger partial charge in [0, 0.05) is 19.3 Å². The first-order chi connectivity index (χ1) is 7.34. The summed E-state index contributed by atoms with van der Waals surface area (Å²) in [6, 6.07) is 0.649. The summed E-state index contributed by atoms with van der Waals surface area (Å²) in [4.78, 5) is 0. The van der Waals surface area contributed by atoms with Crippen molar-refractivity contribution in [3.63, 3.8) is 0 Å². The molecule has 1 saturated carbocycles. The first kappa shape index (κ1) is 11.4. The predicted molar refractivity (Wildman–Crippen MR) is 59.8 cm³/mol. The van der Waals surface area contributed by atoms with E-state index in [0.29, 0.717) is 6.04 Å². The number of hydrogen-bond acceptors (Lipinski definition) is 3. The van der Waals surface area contributed by atoms with E-state index in [1.54, 1.807) is 0 Å². The lowest BCUT2D eigenvalue weighted by molar-refractivity contribution is 0.0633. The lowest BCUT2D eigenvalue weighted by Gasteiger charge is -2.29. The Labute approximate surface area is 92.2 Å². The third kappa shape index (κ3) is 3.74. The molecule has 15 heavy (non-hydrogen) atoms. The second-order valence-corrected chi connectivity index (χ2v) is 4.97. The Balaban J connectivity index is 1.60. The van der Waals surface area contributed by atoms with Crippen molar-refractivity contribution in [2.24, 2.45) is 5.92 Å². The lowest BCUT2D eigenvalue weighted by Crippen LogP contribution is -2.38. The van der Waals surface area contributed by atoms with E-state index < -0.39 is 0 Å². The highest BCUT2D eigenvalue weighted by Gasteiger charge is 2.20. The lowest BCUT2D eigenvalue weighted by atomic mass is 9.92. The molecule has 1 aliphatic heterocycles. The SMILES string of the molecule is OC1CCC(NCC2CCOCC2)CC1. The zero-order valence-electron chi connectivity index (χ0n) is 9.45. The van der Waals surface area contributed by atoms with Crippen molar-refractivity contribution in [1.29, 1.82) is 0 Å². The highest BCUT2D eigenvalue weighted by molar-refractivity contribution is 4.78. The molecular weight excluding hydrogens is 190 g/mol. The van der Waals surface area contributed by atoms with Crippen LogP contribution in [0.3, 0.4) is 0 Å². The van der Waals surface area contributed by atoms with Crippen LogP contribution in [0, 0.1) is 5.92 Å². The number of ether oxygens (including phenoxy) is 1. The Hall–Kier alpha value is -0.120. The summed E-state index contributed by atoms with van der Waals surface area (Å²) in [6.07, 6.45) is 6.63. The molecule has 88 valence electrons. The van der Waals surface area contributed by atoms with Gasteiger partial charge in [0.2, 0.25) is 0 Å². The summed E-state index contributed by atoms with van der Waals surface area (Å²) in [5.74, 6) is 0.811. The van der Waals surface area contributed by atoms with Gasteiger partial charge in [0.15, 0.2) is 0 Å². The molecule has 1 saturated heterocycles. The normalized spacial score (nSPS) is 34.2. The van der Waals surface area contributed by atoms with Gasteiger partial charge in [0.05, 0.1) is 6.10 Å². The fourth-order valence-electron chi connectivity index (χ4n) is 2.56. The number of aliphatic hydroxyl groups excluding tert-OH is 1. The maximum Gasteiger partial charge on any atom is 0.0541 e. The van der Waals surface area contributed by atoms with Gasteiger partial charge in [-0.05, 0) is 51.0 Å². The quantitative estimate of drug-likeness (QED) is 0.742. The van der Waals surface area contributed by atoms with Crippen molar-refractivity contribution in [2.45, 2.75) is 50.7 Å². The number of hydrogen-bond donors (Lipinski definition) is 2. The molecule has 0 atom stereocenters. The van der Waals surface area contributed by atoms with Crippen molar-refractivity contribution in [1.82, 2.24) is 5.32 Å². The summed E-state index contributed by atoms with van der Waals surface area (Å²) >= 11 is 0. The Kier molecular flexibility index (Phi) is 4.42. The zero-order valence-corrected chi connectivity index (χ0v) is 9.45. The van der Waals surface area contributed by atoms with Crippen molar-refractivity contribution < 1.29 is 9.84 Å². The van der Waals surface area contributed by atoms with Crippen molar-refractivity contribution in [2.75, 3.05) is 19.8 Å². The van der Waals surface area contributed by atoms with Gasteiger partial charge in [0.25, 0.3) is 0 Å². The molecule has 2 N–H and O–H groups in total. The van der Waals surface area contributed by atoms with E-state index in [0.717, 1.165) is 51.4 Å². The molecule has 0 spiro atoms. The zero-order chi connectivity index (χ0) is 10.5. The molecule has 3 nitrogen and oxygen atoms in total. The van der Waals surface area contributed by atoms with Gasteiger partial charge >= 0.3 is 0 Å². The molecule has 2 rings (SSSR count). The van der Waals surface area contributed by atoms with E-state index in [1.165, 1.54) is 12.8 Å². The molecule has 0 unspecified atom stereocenters. The molecule has 2 aliphatic rings. The van der Waals surface area contributed by atoms with Crippen molar-refractivity contribution >= 4 is 0 Å². The van der Waals surface area contributed by atoms with Crippen LogP contribution in [0.4, 0.5) is 0 Å². The Bertz CT molecular complexity index is 172. The first-order valence-corrected chi connectivity index (χ1v) is 6.34. The van der Waals surface area contributed by atoms with Gasteiger partial charge in [-0.15, -0.1) is 0 Å². The minimum atomic E-state index is -0.0360. The smallest absolute Gasteiger partial charge is 0.0541 e. The van der Waals surface area contributed by atoms with E-state index in [-0.39, 0.29) is 6.10 Å². The van der Waals surface area contributed by atoms with Gasteiger partial charge in [-0.2, -0.15) is 0 Å². The number of nitrogens with one attached hydrogen (secondary N) is 1. The average molecular weight is 213 g/mol. The van der Waals surface area contributed by atoms with E-state index in [4.69, 9.17) is 4.74 Å². The van der Waals surface area contributed by atoms with Gasteiger partial charge in [-0.25, -0.2) is 0 Å². The molecule has 0 aromatic carbocycles. The molecule has 0 amide bonds. The van der Waals surface area contributed by atoms with Crippen molar-refractivity contribution in [3.05, 3.63) is 0 Å².